The largest absolute Gasteiger partial charge is 0.414 e. The third-order valence-electron chi connectivity index (χ3n) is 4.50. The SMILES string of the molecule is CC[Si](CC)(CC)OC(CCCC=O)Cc1ccccc1. The first-order valence-corrected chi connectivity index (χ1v) is 10.9. The molecule has 3 heteroatoms. The van der Waals surface area contributed by atoms with Crippen LogP contribution >= 0.6 is 0 Å². The van der Waals surface area contributed by atoms with E-state index in [1.165, 1.54) is 23.7 Å². The fourth-order valence-corrected chi connectivity index (χ4v) is 5.77. The van der Waals surface area contributed by atoms with Gasteiger partial charge in [-0.15, -0.1) is 0 Å². The van der Waals surface area contributed by atoms with Crippen LogP contribution in [0.4, 0.5) is 0 Å². The molecule has 1 atom stereocenters. The van der Waals surface area contributed by atoms with Crippen molar-refractivity contribution in [2.75, 3.05) is 0 Å². The number of unbranched alkanes of at least 4 members (excludes halogenated alkanes) is 1. The molecule has 0 saturated carbocycles. The van der Waals surface area contributed by atoms with Gasteiger partial charge in [-0.05, 0) is 43.0 Å². The van der Waals surface area contributed by atoms with Gasteiger partial charge in [-0.2, -0.15) is 0 Å². The van der Waals surface area contributed by atoms with Crippen molar-refractivity contribution in [3.8, 4) is 0 Å². The zero-order valence-electron chi connectivity index (χ0n) is 13.8. The number of hydrogen-bond acceptors (Lipinski definition) is 2. The molecule has 0 fully saturated rings. The highest BCUT2D eigenvalue weighted by atomic mass is 28.4. The van der Waals surface area contributed by atoms with E-state index in [0.717, 1.165) is 25.5 Å². The lowest BCUT2D eigenvalue weighted by Gasteiger charge is -2.33. The van der Waals surface area contributed by atoms with Gasteiger partial charge in [0, 0.05) is 12.5 Å². The van der Waals surface area contributed by atoms with Crippen LogP contribution in [0.15, 0.2) is 30.3 Å². The standard InChI is InChI=1S/C18H30O2Si/c1-4-21(5-2,6-3)20-18(14-10-11-15-19)16-17-12-8-7-9-13-17/h7-9,12-13,15,18H,4-6,10-11,14,16H2,1-3H3. The van der Waals surface area contributed by atoms with Gasteiger partial charge in [0.05, 0.1) is 0 Å². The Hall–Kier alpha value is -0.933. The van der Waals surface area contributed by atoms with Gasteiger partial charge >= 0.3 is 0 Å². The van der Waals surface area contributed by atoms with Crippen LogP contribution in [0, 0.1) is 0 Å². The van der Waals surface area contributed by atoms with E-state index < -0.39 is 8.32 Å². The molecular formula is C18H30O2Si. The fraction of sp³-hybridized carbons (Fsp3) is 0.611. The average Bonchev–Trinajstić information content (AvgIpc) is 2.54. The molecule has 0 radical (unpaired) electrons. The second-order valence-electron chi connectivity index (χ2n) is 5.77. The number of aldehydes is 1. The topological polar surface area (TPSA) is 26.3 Å². The van der Waals surface area contributed by atoms with Crippen molar-refractivity contribution in [1.82, 2.24) is 0 Å². The van der Waals surface area contributed by atoms with Crippen molar-refractivity contribution in [3.05, 3.63) is 35.9 Å². The molecule has 118 valence electrons. The summed E-state index contributed by atoms with van der Waals surface area (Å²) in [5.41, 5.74) is 1.33. The van der Waals surface area contributed by atoms with Crippen LogP contribution in [0.5, 0.6) is 0 Å². The first-order valence-electron chi connectivity index (χ1n) is 8.35. The van der Waals surface area contributed by atoms with Crippen molar-refractivity contribution >= 4 is 14.6 Å². The summed E-state index contributed by atoms with van der Waals surface area (Å²) in [5, 5.41) is 0. The van der Waals surface area contributed by atoms with Crippen LogP contribution in [-0.4, -0.2) is 20.7 Å². The molecule has 0 spiro atoms. The van der Waals surface area contributed by atoms with Gasteiger partial charge in [-0.1, -0.05) is 51.1 Å². The molecule has 0 heterocycles. The molecule has 1 unspecified atom stereocenters. The van der Waals surface area contributed by atoms with Crippen molar-refractivity contribution < 1.29 is 9.22 Å². The van der Waals surface area contributed by atoms with Crippen LogP contribution in [0.1, 0.15) is 45.6 Å². The maximum absolute atomic E-state index is 10.6. The van der Waals surface area contributed by atoms with Gasteiger partial charge in [0.2, 0.25) is 0 Å². The summed E-state index contributed by atoms with van der Waals surface area (Å²) < 4.78 is 6.66. The average molecular weight is 307 g/mol. The van der Waals surface area contributed by atoms with E-state index in [1.807, 2.05) is 0 Å². The van der Waals surface area contributed by atoms with E-state index in [0.29, 0.717) is 6.42 Å². The fourth-order valence-electron chi connectivity index (χ4n) is 2.86. The third kappa shape index (κ3) is 6.14. The summed E-state index contributed by atoms with van der Waals surface area (Å²) in [6.45, 7) is 6.80. The smallest absolute Gasteiger partial charge is 0.192 e. The molecule has 0 amide bonds. The van der Waals surface area contributed by atoms with Crippen molar-refractivity contribution in [2.24, 2.45) is 0 Å². The maximum atomic E-state index is 10.6. The molecule has 1 aromatic rings. The molecule has 0 aliphatic carbocycles. The number of benzene rings is 1. The summed E-state index contributed by atoms with van der Waals surface area (Å²) in [4.78, 5) is 10.6. The maximum Gasteiger partial charge on any atom is 0.192 e. The first kappa shape index (κ1) is 18.1. The zero-order chi connectivity index (χ0) is 15.6. The summed E-state index contributed by atoms with van der Waals surface area (Å²) in [7, 11) is -1.58. The Bertz CT molecular complexity index is 379. The van der Waals surface area contributed by atoms with Crippen LogP contribution in [-0.2, 0) is 15.6 Å². The Labute approximate surface area is 131 Å². The normalized spacial score (nSPS) is 13.1. The van der Waals surface area contributed by atoms with Crippen molar-refractivity contribution in [2.45, 2.75) is 70.7 Å². The van der Waals surface area contributed by atoms with Gasteiger partial charge in [-0.3, -0.25) is 0 Å². The first-order chi connectivity index (χ1) is 10.2. The van der Waals surface area contributed by atoms with E-state index in [2.05, 4.69) is 51.1 Å². The minimum Gasteiger partial charge on any atom is -0.414 e. The zero-order valence-corrected chi connectivity index (χ0v) is 14.8. The van der Waals surface area contributed by atoms with Crippen LogP contribution < -0.4 is 0 Å². The Kier molecular flexibility index (Phi) is 8.54. The Morgan fingerprint density at radius 2 is 1.71 bits per heavy atom. The van der Waals surface area contributed by atoms with Crippen molar-refractivity contribution in [1.29, 1.82) is 0 Å². The Balaban J connectivity index is 2.73. The Morgan fingerprint density at radius 1 is 1.10 bits per heavy atom. The highest BCUT2D eigenvalue weighted by Gasteiger charge is 2.31. The number of rotatable bonds is 11. The van der Waals surface area contributed by atoms with E-state index in [4.69, 9.17) is 4.43 Å². The second-order valence-corrected chi connectivity index (χ2v) is 10.5. The highest BCUT2D eigenvalue weighted by Crippen LogP contribution is 2.26. The number of carbonyl (C=O) groups is 1. The van der Waals surface area contributed by atoms with Gasteiger partial charge in [0.15, 0.2) is 8.32 Å². The predicted molar refractivity (Wildman–Crippen MR) is 92.1 cm³/mol. The van der Waals surface area contributed by atoms with Crippen molar-refractivity contribution in [3.63, 3.8) is 0 Å². The van der Waals surface area contributed by atoms with E-state index in [9.17, 15) is 4.79 Å². The summed E-state index contributed by atoms with van der Waals surface area (Å²) >= 11 is 0. The quantitative estimate of drug-likeness (QED) is 0.327. The van der Waals surface area contributed by atoms with Crippen LogP contribution in [0.3, 0.4) is 0 Å². The van der Waals surface area contributed by atoms with Gasteiger partial charge in [-0.25, -0.2) is 0 Å². The summed E-state index contributed by atoms with van der Waals surface area (Å²) in [6.07, 6.45) is 4.82. The predicted octanol–water partition coefficient (Wildman–Crippen LogP) is 4.99. The molecule has 1 aromatic carbocycles. The second kappa shape index (κ2) is 9.90. The minimum atomic E-state index is -1.58. The van der Waals surface area contributed by atoms with Crippen LogP contribution in [0.2, 0.25) is 18.1 Å². The molecule has 21 heavy (non-hydrogen) atoms. The lowest BCUT2D eigenvalue weighted by Crippen LogP contribution is -2.40. The molecule has 2 nitrogen and oxygen atoms in total. The molecule has 0 aliphatic rings. The van der Waals surface area contributed by atoms with Gasteiger partial charge in [0.25, 0.3) is 0 Å². The summed E-state index contributed by atoms with van der Waals surface area (Å²) in [6, 6.07) is 14.1. The van der Waals surface area contributed by atoms with E-state index in [1.54, 1.807) is 0 Å². The molecular weight excluding hydrogens is 276 g/mol. The molecule has 0 aromatic heterocycles. The molecule has 0 saturated heterocycles. The Morgan fingerprint density at radius 3 is 2.24 bits per heavy atom. The monoisotopic (exact) mass is 306 g/mol. The van der Waals surface area contributed by atoms with Gasteiger partial charge < -0.3 is 9.22 Å². The van der Waals surface area contributed by atoms with Crippen LogP contribution in [0.25, 0.3) is 0 Å². The molecule has 0 bridgehead atoms. The van der Waals surface area contributed by atoms with E-state index in [-0.39, 0.29) is 6.10 Å². The molecule has 0 N–H and O–H groups in total. The number of carbonyl (C=O) groups excluding carboxylic acids is 1. The molecule has 0 aliphatic heterocycles. The molecule has 1 rings (SSSR count). The lowest BCUT2D eigenvalue weighted by atomic mass is 10.0. The summed E-state index contributed by atoms with van der Waals surface area (Å²) in [5.74, 6) is 0. The third-order valence-corrected chi connectivity index (χ3v) is 9.20. The minimum absolute atomic E-state index is 0.263. The van der Waals surface area contributed by atoms with E-state index >= 15 is 0 Å². The number of hydrogen-bond donors (Lipinski definition) is 0. The highest BCUT2D eigenvalue weighted by molar-refractivity contribution is 6.73. The van der Waals surface area contributed by atoms with Gasteiger partial charge in [0.1, 0.15) is 6.29 Å². The lowest BCUT2D eigenvalue weighted by molar-refractivity contribution is -0.108.